The first-order valence-electron chi connectivity index (χ1n) is 8.41. The molecule has 0 aliphatic carbocycles. The Bertz CT molecular complexity index is 252. The molecule has 3 heteroatoms. The fourth-order valence-electron chi connectivity index (χ4n) is 2.68. The van der Waals surface area contributed by atoms with Crippen molar-refractivity contribution < 1.29 is 9.53 Å². The molecule has 0 aliphatic heterocycles. The van der Waals surface area contributed by atoms with Crippen LogP contribution in [0.2, 0.25) is 13.3 Å². The second-order valence-corrected chi connectivity index (χ2v) is 18.9. The predicted octanol–water partition coefficient (Wildman–Crippen LogP) is 5.49. The van der Waals surface area contributed by atoms with Gasteiger partial charge in [-0.05, 0) is 0 Å². The summed E-state index contributed by atoms with van der Waals surface area (Å²) in [6, 6.07) is 0. The van der Waals surface area contributed by atoms with Gasteiger partial charge >= 0.3 is 130 Å². The molecule has 0 aliphatic rings. The van der Waals surface area contributed by atoms with Gasteiger partial charge in [-0.25, -0.2) is 0 Å². The Morgan fingerprint density at radius 3 is 1.75 bits per heavy atom. The molecule has 2 nitrogen and oxygen atoms in total. The Labute approximate surface area is 130 Å². The minimum atomic E-state index is -2.13. The van der Waals surface area contributed by atoms with Crippen LogP contribution in [0.1, 0.15) is 66.2 Å². The third kappa shape index (κ3) is 9.84. The molecule has 0 radical (unpaired) electrons. The molecule has 0 unspecified atom stereocenters. The van der Waals surface area contributed by atoms with Gasteiger partial charge in [-0.3, -0.25) is 0 Å². The van der Waals surface area contributed by atoms with Crippen molar-refractivity contribution in [3.8, 4) is 0 Å². The molecule has 0 aromatic heterocycles. The van der Waals surface area contributed by atoms with Crippen molar-refractivity contribution in [2.75, 3.05) is 6.61 Å². The van der Waals surface area contributed by atoms with E-state index in [2.05, 4.69) is 30.9 Å². The quantitative estimate of drug-likeness (QED) is 0.326. The molecule has 0 fully saturated rings. The molecule has 118 valence electrons. The SMILES string of the molecule is CCC[CH2][Sn]([CH]=CCOC(C)=O)([CH2]CCC)[CH2]CCC. The van der Waals surface area contributed by atoms with Crippen LogP contribution in [0, 0.1) is 0 Å². The van der Waals surface area contributed by atoms with Crippen molar-refractivity contribution in [2.45, 2.75) is 79.5 Å². The molecule has 0 amide bonds. The molecule has 20 heavy (non-hydrogen) atoms. The molecule has 0 heterocycles. The third-order valence-corrected chi connectivity index (χ3v) is 18.2. The van der Waals surface area contributed by atoms with Crippen molar-refractivity contribution in [3.05, 3.63) is 10.2 Å². The van der Waals surface area contributed by atoms with E-state index in [1.165, 1.54) is 58.8 Å². The van der Waals surface area contributed by atoms with E-state index in [9.17, 15) is 4.79 Å². The summed E-state index contributed by atoms with van der Waals surface area (Å²) < 4.78 is 12.0. The molecule has 0 aromatic rings. The van der Waals surface area contributed by atoms with Crippen LogP contribution in [-0.2, 0) is 9.53 Å². The first kappa shape index (κ1) is 20.0. The number of carbonyl (C=O) groups excluding carboxylic acids is 1. The van der Waals surface area contributed by atoms with Gasteiger partial charge in [0.05, 0.1) is 0 Å². The third-order valence-electron chi connectivity index (χ3n) is 3.94. The van der Waals surface area contributed by atoms with E-state index in [0.29, 0.717) is 6.61 Å². The van der Waals surface area contributed by atoms with Crippen molar-refractivity contribution in [3.63, 3.8) is 0 Å². The summed E-state index contributed by atoms with van der Waals surface area (Å²) in [5, 5.41) is 0. The molecular weight excluding hydrogens is 355 g/mol. The second kappa shape index (κ2) is 12.7. The van der Waals surface area contributed by atoms with E-state index >= 15 is 0 Å². The average Bonchev–Trinajstić information content (AvgIpc) is 2.44. The number of rotatable bonds is 12. The van der Waals surface area contributed by atoms with Gasteiger partial charge in [0.1, 0.15) is 0 Å². The van der Waals surface area contributed by atoms with Crippen LogP contribution in [0.25, 0.3) is 0 Å². The van der Waals surface area contributed by atoms with Crippen LogP contribution < -0.4 is 0 Å². The molecule has 0 bridgehead atoms. The van der Waals surface area contributed by atoms with E-state index in [1.54, 1.807) is 0 Å². The molecular formula is C17H34O2Sn. The summed E-state index contributed by atoms with van der Waals surface area (Å²) in [5.41, 5.74) is 0. The first-order chi connectivity index (χ1) is 9.60. The van der Waals surface area contributed by atoms with Gasteiger partial charge in [-0.2, -0.15) is 0 Å². The van der Waals surface area contributed by atoms with Crippen LogP contribution in [0.3, 0.4) is 0 Å². The van der Waals surface area contributed by atoms with Crippen molar-refractivity contribution in [2.24, 2.45) is 0 Å². The number of ether oxygens (including phenoxy) is 1. The number of esters is 1. The van der Waals surface area contributed by atoms with Gasteiger partial charge in [0.15, 0.2) is 0 Å². The van der Waals surface area contributed by atoms with Gasteiger partial charge in [0.25, 0.3) is 0 Å². The van der Waals surface area contributed by atoms with Gasteiger partial charge in [-0.15, -0.1) is 0 Å². The zero-order valence-electron chi connectivity index (χ0n) is 14.0. The summed E-state index contributed by atoms with van der Waals surface area (Å²) in [4.78, 5) is 10.8. The summed E-state index contributed by atoms with van der Waals surface area (Å²) in [6.07, 6.45) is 10.2. The number of hydrogen-bond acceptors (Lipinski definition) is 2. The fraction of sp³-hybridized carbons (Fsp3) is 0.824. The number of unbranched alkanes of at least 4 members (excludes halogenated alkanes) is 3. The Hall–Kier alpha value is 0.00870. The van der Waals surface area contributed by atoms with Crippen LogP contribution in [-0.4, -0.2) is 31.0 Å². The van der Waals surface area contributed by atoms with Gasteiger partial charge in [0, 0.05) is 0 Å². The first-order valence-corrected chi connectivity index (χ1v) is 16.1. The van der Waals surface area contributed by atoms with Crippen LogP contribution in [0.4, 0.5) is 0 Å². The molecule has 0 rings (SSSR count). The monoisotopic (exact) mass is 390 g/mol. The van der Waals surface area contributed by atoms with E-state index in [1.807, 2.05) is 0 Å². The van der Waals surface area contributed by atoms with Gasteiger partial charge < -0.3 is 0 Å². The summed E-state index contributed by atoms with van der Waals surface area (Å²) in [5.74, 6) is -0.175. The number of hydrogen-bond donors (Lipinski definition) is 0. The van der Waals surface area contributed by atoms with E-state index < -0.39 is 18.4 Å². The van der Waals surface area contributed by atoms with Crippen molar-refractivity contribution in [1.29, 1.82) is 0 Å². The van der Waals surface area contributed by atoms with Crippen molar-refractivity contribution >= 4 is 24.3 Å². The Balaban J connectivity index is 4.68. The average molecular weight is 389 g/mol. The van der Waals surface area contributed by atoms with E-state index in [4.69, 9.17) is 4.74 Å². The van der Waals surface area contributed by atoms with E-state index in [-0.39, 0.29) is 5.97 Å². The number of carbonyl (C=O) groups is 1. The van der Waals surface area contributed by atoms with Gasteiger partial charge in [0.2, 0.25) is 0 Å². The minimum absolute atomic E-state index is 0.175. The van der Waals surface area contributed by atoms with Gasteiger partial charge in [-0.1, -0.05) is 0 Å². The molecule has 0 atom stereocenters. The Kier molecular flexibility index (Phi) is 12.7. The zero-order chi connectivity index (χ0) is 15.3. The molecule has 0 N–H and O–H groups in total. The van der Waals surface area contributed by atoms with Crippen LogP contribution in [0.5, 0.6) is 0 Å². The van der Waals surface area contributed by atoms with Crippen LogP contribution in [0.15, 0.2) is 10.2 Å². The Morgan fingerprint density at radius 2 is 1.40 bits per heavy atom. The molecule has 0 aromatic carbocycles. The summed E-state index contributed by atoms with van der Waals surface area (Å²) in [7, 11) is 0. The fourth-order valence-corrected chi connectivity index (χ4v) is 17.0. The second-order valence-electron chi connectivity index (χ2n) is 5.88. The summed E-state index contributed by atoms with van der Waals surface area (Å²) >= 11 is -2.13. The topological polar surface area (TPSA) is 26.3 Å². The Morgan fingerprint density at radius 1 is 0.950 bits per heavy atom. The maximum atomic E-state index is 10.8. The maximum absolute atomic E-state index is 10.8. The predicted molar refractivity (Wildman–Crippen MR) is 90.7 cm³/mol. The molecule has 0 saturated carbocycles. The standard InChI is InChI=1S/C5H7O2.3C4H9.Sn/c1-3-4-7-5(2)6;3*1-3-4-2;/h1,3H,4H2,2H3;3*1,3-4H2,2H3;. The van der Waals surface area contributed by atoms with Crippen molar-refractivity contribution in [1.82, 2.24) is 0 Å². The normalized spacial score (nSPS) is 12.0. The zero-order valence-corrected chi connectivity index (χ0v) is 16.9. The molecule has 0 saturated heterocycles. The molecule has 0 spiro atoms. The summed E-state index contributed by atoms with van der Waals surface area (Å²) in [6.45, 7) is 8.82. The van der Waals surface area contributed by atoms with E-state index in [0.717, 1.165) is 0 Å². The van der Waals surface area contributed by atoms with Crippen LogP contribution >= 0.6 is 0 Å².